The number of nitriles is 1. The van der Waals surface area contributed by atoms with Crippen LogP contribution in [0.2, 0.25) is 0 Å². The van der Waals surface area contributed by atoms with Crippen LogP contribution in [0.1, 0.15) is 35.6 Å². The number of carbonyl (C=O) groups excluding carboxylic acids is 1. The maximum absolute atomic E-state index is 12.3. The van der Waals surface area contributed by atoms with E-state index in [1.807, 2.05) is 44.2 Å². The maximum atomic E-state index is 12.3. The van der Waals surface area contributed by atoms with Crippen LogP contribution < -0.4 is 15.4 Å². The summed E-state index contributed by atoms with van der Waals surface area (Å²) in [6.07, 6.45) is 1.87. The highest BCUT2D eigenvalue weighted by Gasteiger charge is 2.22. The molecule has 1 aliphatic heterocycles. The Morgan fingerprint density at radius 3 is 2.74 bits per heavy atom. The van der Waals surface area contributed by atoms with Gasteiger partial charge < -0.3 is 19.9 Å². The summed E-state index contributed by atoms with van der Waals surface area (Å²) in [5, 5.41) is 24.9. The summed E-state index contributed by atoms with van der Waals surface area (Å²) in [6.45, 7) is 5.09. The largest absolute Gasteiger partial charge is 0.457 e. The fourth-order valence-electron chi connectivity index (χ4n) is 4.18. The topological polar surface area (TPSA) is 118 Å². The van der Waals surface area contributed by atoms with Gasteiger partial charge in [-0.1, -0.05) is 5.16 Å². The first-order valence-electron chi connectivity index (χ1n) is 11.2. The zero-order chi connectivity index (χ0) is 23.7. The average molecular weight is 457 g/mol. The Bertz CT molecular complexity index is 1370. The van der Waals surface area contributed by atoms with Gasteiger partial charge in [-0.2, -0.15) is 10.4 Å². The van der Waals surface area contributed by atoms with Gasteiger partial charge in [0.15, 0.2) is 5.69 Å². The van der Waals surface area contributed by atoms with Gasteiger partial charge in [-0.25, -0.2) is 0 Å². The molecule has 2 aromatic heterocycles. The first-order chi connectivity index (χ1) is 16.5. The number of rotatable bonds is 6. The van der Waals surface area contributed by atoms with Crippen LogP contribution in [0, 0.1) is 25.2 Å². The summed E-state index contributed by atoms with van der Waals surface area (Å²) in [5.74, 6) is 1.93. The quantitative estimate of drug-likeness (QED) is 0.449. The molecular weight excluding hydrogens is 432 g/mol. The lowest BCUT2D eigenvalue weighted by molar-refractivity contribution is -0.117. The van der Waals surface area contributed by atoms with E-state index in [9.17, 15) is 10.1 Å². The molecule has 0 spiro atoms. The molecular formula is C25H24N6O3. The Hall–Kier alpha value is -4.16. The molecule has 1 unspecified atom stereocenters. The molecule has 2 aromatic carbocycles. The monoisotopic (exact) mass is 456 g/mol. The number of ether oxygens (including phenoxy) is 1. The molecule has 0 aliphatic carbocycles. The third kappa shape index (κ3) is 4.23. The van der Waals surface area contributed by atoms with Crippen molar-refractivity contribution in [2.75, 3.05) is 11.9 Å². The average Bonchev–Trinajstić information content (AvgIpc) is 3.57. The highest BCUT2D eigenvalue weighted by atomic mass is 16.5. The van der Waals surface area contributed by atoms with Gasteiger partial charge in [-0.15, -0.1) is 0 Å². The van der Waals surface area contributed by atoms with Crippen LogP contribution in [-0.4, -0.2) is 33.4 Å². The van der Waals surface area contributed by atoms with E-state index in [-0.39, 0.29) is 11.9 Å². The van der Waals surface area contributed by atoms with Gasteiger partial charge in [-0.05, 0) is 75.7 Å². The molecule has 1 saturated heterocycles. The summed E-state index contributed by atoms with van der Waals surface area (Å²) in [4.78, 5) is 12.3. The normalized spacial score (nSPS) is 15.4. The van der Waals surface area contributed by atoms with Crippen molar-refractivity contribution in [3.63, 3.8) is 0 Å². The molecule has 5 rings (SSSR count). The van der Waals surface area contributed by atoms with Crippen LogP contribution in [-0.2, 0) is 11.3 Å². The van der Waals surface area contributed by atoms with Crippen molar-refractivity contribution in [3.05, 3.63) is 65.2 Å². The molecule has 1 atom stereocenters. The van der Waals surface area contributed by atoms with Crippen molar-refractivity contribution >= 4 is 22.5 Å². The number of carbonyl (C=O) groups is 1. The minimum absolute atomic E-state index is 0.0192. The van der Waals surface area contributed by atoms with E-state index in [0.717, 1.165) is 41.9 Å². The van der Waals surface area contributed by atoms with Gasteiger partial charge in [0.1, 0.15) is 23.3 Å². The van der Waals surface area contributed by atoms with Crippen LogP contribution in [0.3, 0.4) is 0 Å². The van der Waals surface area contributed by atoms with Crippen molar-refractivity contribution < 1.29 is 14.1 Å². The number of fused-ring (bicyclic) bond motifs is 1. The zero-order valence-electron chi connectivity index (χ0n) is 19.0. The third-order valence-electron chi connectivity index (χ3n) is 6.05. The van der Waals surface area contributed by atoms with E-state index in [1.54, 1.807) is 16.8 Å². The molecule has 9 heteroatoms. The Morgan fingerprint density at radius 2 is 2.06 bits per heavy atom. The lowest BCUT2D eigenvalue weighted by Crippen LogP contribution is -2.35. The highest BCUT2D eigenvalue weighted by Crippen LogP contribution is 2.29. The van der Waals surface area contributed by atoms with Crippen molar-refractivity contribution in [2.45, 2.75) is 39.3 Å². The molecule has 9 nitrogen and oxygen atoms in total. The summed E-state index contributed by atoms with van der Waals surface area (Å²) in [6, 6.07) is 14.8. The van der Waals surface area contributed by atoms with E-state index >= 15 is 0 Å². The number of amides is 1. The lowest BCUT2D eigenvalue weighted by atomic mass is 10.2. The van der Waals surface area contributed by atoms with Crippen molar-refractivity contribution in [3.8, 4) is 17.6 Å². The van der Waals surface area contributed by atoms with Gasteiger partial charge in [0.05, 0.1) is 23.8 Å². The molecule has 0 saturated carbocycles. The fraction of sp³-hybridized carbons (Fsp3) is 0.280. The molecule has 1 amide bonds. The molecule has 172 valence electrons. The highest BCUT2D eigenvalue weighted by molar-refractivity contribution is 5.95. The molecule has 4 aromatic rings. The van der Waals surface area contributed by atoms with Crippen molar-refractivity contribution in [2.24, 2.45) is 0 Å². The number of hydrogen-bond acceptors (Lipinski definition) is 7. The standard InChI is InChI=1S/C25H24N6O3/c1-15-21(16(2)34-30-15)14-31-24-10-9-19(12-20(24)23(13-26)29-31)33-18-7-5-17(6-8-18)28-25(32)22-4-3-11-27-22/h5-10,12,22,27H,3-4,11,14H2,1-2H3,(H,28,32). The van der Waals surface area contributed by atoms with E-state index in [2.05, 4.69) is 27.0 Å². The first-order valence-corrected chi connectivity index (χ1v) is 11.2. The number of aromatic nitrogens is 3. The Morgan fingerprint density at radius 1 is 1.26 bits per heavy atom. The number of hydrogen-bond donors (Lipinski definition) is 2. The summed E-state index contributed by atoms with van der Waals surface area (Å²) >= 11 is 0. The second kappa shape index (κ2) is 9.00. The van der Waals surface area contributed by atoms with Crippen LogP contribution in [0.5, 0.6) is 11.5 Å². The second-order valence-corrected chi connectivity index (χ2v) is 8.36. The van der Waals surface area contributed by atoms with Gasteiger partial charge >= 0.3 is 0 Å². The van der Waals surface area contributed by atoms with E-state index < -0.39 is 0 Å². The lowest BCUT2D eigenvalue weighted by Gasteiger charge is -2.12. The van der Waals surface area contributed by atoms with Crippen molar-refractivity contribution in [1.29, 1.82) is 5.26 Å². The van der Waals surface area contributed by atoms with Gasteiger partial charge in [0, 0.05) is 16.6 Å². The molecule has 0 bridgehead atoms. The number of aryl methyl sites for hydroxylation is 2. The van der Waals surface area contributed by atoms with E-state index in [0.29, 0.717) is 34.8 Å². The van der Waals surface area contributed by atoms with Crippen LogP contribution in [0.25, 0.3) is 10.9 Å². The van der Waals surface area contributed by atoms with Gasteiger partial charge in [-0.3, -0.25) is 9.48 Å². The van der Waals surface area contributed by atoms with Crippen LogP contribution in [0.15, 0.2) is 47.0 Å². The van der Waals surface area contributed by atoms with Gasteiger partial charge in [0.25, 0.3) is 0 Å². The molecule has 2 N–H and O–H groups in total. The van der Waals surface area contributed by atoms with E-state index in [4.69, 9.17) is 9.26 Å². The Kier molecular flexibility index (Phi) is 5.74. The SMILES string of the molecule is Cc1noc(C)c1Cn1nc(C#N)c2cc(Oc3ccc(NC(=O)C4CCCN4)cc3)ccc21. The molecule has 1 aliphatic rings. The molecule has 3 heterocycles. The number of benzene rings is 2. The second-order valence-electron chi connectivity index (χ2n) is 8.36. The fourth-order valence-corrected chi connectivity index (χ4v) is 4.18. The molecule has 34 heavy (non-hydrogen) atoms. The number of anilines is 1. The summed E-state index contributed by atoms with van der Waals surface area (Å²) in [7, 11) is 0. The molecule has 1 fully saturated rings. The van der Waals surface area contributed by atoms with E-state index in [1.165, 1.54) is 0 Å². The van der Waals surface area contributed by atoms with Crippen molar-refractivity contribution in [1.82, 2.24) is 20.3 Å². The summed E-state index contributed by atoms with van der Waals surface area (Å²) < 4.78 is 13.0. The van der Waals surface area contributed by atoms with Gasteiger partial charge in [0.2, 0.25) is 5.91 Å². The maximum Gasteiger partial charge on any atom is 0.241 e. The predicted octanol–water partition coefficient (Wildman–Crippen LogP) is 4.04. The first kappa shape index (κ1) is 21.7. The predicted molar refractivity (Wildman–Crippen MR) is 126 cm³/mol. The molecule has 0 radical (unpaired) electrons. The zero-order valence-corrected chi connectivity index (χ0v) is 19.0. The third-order valence-corrected chi connectivity index (χ3v) is 6.05. The number of nitrogens with zero attached hydrogens (tertiary/aromatic N) is 4. The Balaban J connectivity index is 1.33. The van der Waals surface area contributed by atoms with Crippen LogP contribution >= 0.6 is 0 Å². The minimum atomic E-state index is -0.129. The Labute approximate surface area is 196 Å². The summed E-state index contributed by atoms with van der Waals surface area (Å²) in [5.41, 5.74) is 3.62. The van der Waals surface area contributed by atoms with Crippen LogP contribution in [0.4, 0.5) is 5.69 Å². The number of nitrogens with one attached hydrogen (secondary N) is 2. The smallest absolute Gasteiger partial charge is 0.241 e. The minimum Gasteiger partial charge on any atom is -0.457 e.